The number of H-pyrrole nitrogens is 1. The van der Waals surface area contributed by atoms with Crippen LogP contribution in [-0.2, 0) is 11.1 Å². The number of alkyl halides is 3. The summed E-state index contributed by atoms with van der Waals surface area (Å²) >= 11 is 0. The van der Waals surface area contributed by atoms with E-state index in [0.29, 0.717) is 5.56 Å². The molecule has 0 aliphatic heterocycles. The molecule has 33 heavy (non-hydrogen) atoms. The second kappa shape index (κ2) is 9.28. The fraction of sp³-hybridized carbons (Fsp3) is 0.318. The van der Waals surface area contributed by atoms with Crippen LogP contribution in [0.3, 0.4) is 0 Å². The first-order valence-electron chi connectivity index (χ1n) is 9.45. The summed E-state index contributed by atoms with van der Waals surface area (Å²) < 4.78 is 55.5. The minimum absolute atomic E-state index is 0. The lowest BCUT2D eigenvalue weighted by molar-refractivity contribution is -0.265. The number of rotatable bonds is 6. The van der Waals surface area contributed by atoms with Crippen LogP contribution in [0.5, 0.6) is 0 Å². The maximum absolute atomic E-state index is 14.1. The van der Waals surface area contributed by atoms with Gasteiger partial charge in [-0.25, -0.2) is 14.4 Å². The van der Waals surface area contributed by atoms with Crippen molar-refractivity contribution in [3.05, 3.63) is 71.7 Å². The number of carbonyl (C=O) groups is 1. The van der Waals surface area contributed by atoms with Crippen LogP contribution in [0, 0.1) is 5.82 Å². The third-order valence-electron chi connectivity index (χ3n) is 4.85. The number of pyridine rings is 1. The van der Waals surface area contributed by atoms with Crippen molar-refractivity contribution in [2.24, 2.45) is 5.73 Å². The predicted molar refractivity (Wildman–Crippen MR) is 114 cm³/mol. The highest BCUT2D eigenvalue weighted by atomic mass is 19.4. The third kappa shape index (κ3) is 5.55. The molecule has 0 aliphatic rings. The maximum Gasteiger partial charge on any atom is 0.424 e. The van der Waals surface area contributed by atoms with Crippen LogP contribution in [0.25, 0.3) is 11.3 Å². The van der Waals surface area contributed by atoms with Gasteiger partial charge in [-0.05, 0) is 55.8 Å². The number of aromatic nitrogens is 3. The van der Waals surface area contributed by atoms with Crippen molar-refractivity contribution < 1.29 is 27.5 Å². The van der Waals surface area contributed by atoms with Crippen LogP contribution in [0.4, 0.5) is 17.6 Å². The predicted octanol–water partition coefficient (Wildman–Crippen LogP) is 3.62. The van der Waals surface area contributed by atoms with Gasteiger partial charge < -0.3 is 21.1 Å². The molecule has 1 aromatic carbocycles. The van der Waals surface area contributed by atoms with E-state index in [0.717, 1.165) is 24.4 Å². The SMILES string of the molecule is C.CC(C)(N)c1cc(-c2ccc(F)cc2)nc(C(O)(CNC(=O)c2cnc[nH]2)C(F)(F)F)c1. The van der Waals surface area contributed by atoms with E-state index in [1.165, 1.54) is 24.5 Å². The average molecular weight is 467 g/mol. The number of nitrogens with two attached hydrogens (primary N) is 1. The third-order valence-corrected chi connectivity index (χ3v) is 4.85. The van der Waals surface area contributed by atoms with Crippen LogP contribution >= 0.6 is 0 Å². The Morgan fingerprint density at radius 2 is 1.82 bits per heavy atom. The zero-order valence-electron chi connectivity index (χ0n) is 17.2. The number of aliphatic hydroxyl groups is 1. The molecule has 2 heterocycles. The number of nitrogens with zero attached hydrogens (tertiary/aromatic N) is 2. The van der Waals surface area contributed by atoms with E-state index < -0.39 is 41.3 Å². The zero-order chi connectivity index (χ0) is 23.7. The molecule has 0 bridgehead atoms. The Bertz CT molecular complexity index is 1090. The molecule has 2 aromatic heterocycles. The standard InChI is InChI=1S/C21H21F4N5O2.CH4/c1-19(2,26)13-7-15(12-3-5-14(22)6-4-12)30-17(8-13)20(32,21(23,24)25)10-28-18(31)16-9-27-11-29-16;/h3-9,11,32H,10,26H2,1-2H3,(H,27,29)(H,28,31);1H4. The minimum atomic E-state index is -5.20. The molecule has 0 fully saturated rings. The van der Waals surface area contributed by atoms with E-state index in [-0.39, 0.29) is 24.4 Å². The Kier molecular flexibility index (Phi) is 7.30. The van der Waals surface area contributed by atoms with Gasteiger partial charge in [-0.1, -0.05) is 7.43 Å². The monoisotopic (exact) mass is 467 g/mol. The first-order valence-corrected chi connectivity index (χ1v) is 9.45. The highest BCUT2D eigenvalue weighted by Gasteiger charge is 2.56. The Morgan fingerprint density at radius 3 is 2.33 bits per heavy atom. The first-order chi connectivity index (χ1) is 14.8. The Hall–Kier alpha value is -3.31. The summed E-state index contributed by atoms with van der Waals surface area (Å²) in [4.78, 5) is 22.2. The molecule has 3 aromatic rings. The summed E-state index contributed by atoms with van der Waals surface area (Å²) in [7, 11) is 0. The highest BCUT2D eigenvalue weighted by molar-refractivity contribution is 5.92. The largest absolute Gasteiger partial charge is 0.424 e. The Labute approximate surface area is 188 Å². The zero-order valence-corrected chi connectivity index (χ0v) is 17.2. The van der Waals surface area contributed by atoms with E-state index in [4.69, 9.17) is 5.73 Å². The van der Waals surface area contributed by atoms with Crippen molar-refractivity contribution in [3.63, 3.8) is 0 Å². The van der Waals surface area contributed by atoms with Gasteiger partial charge in [0.15, 0.2) is 0 Å². The van der Waals surface area contributed by atoms with Gasteiger partial charge in [0.2, 0.25) is 5.60 Å². The minimum Gasteiger partial charge on any atom is -0.374 e. The second-order valence-electron chi connectivity index (χ2n) is 7.86. The summed E-state index contributed by atoms with van der Waals surface area (Å²) in [6.07, 6.45) is -2.88. The molecule has 1 unspecified atom stereocenters. The van der Waals surface area contributed by atoms with Crippen LogP contribution < -0.4 is 11.1 Å². The Morgan fingerprint density at radius 1 is 1.18 bits per heavy atom. The van der Waals surface area contributed by atoms with Crippen molar-refractivity contribution in [1.29, 1.82) is 0 Å². The molecule has 0 saturated carbocycles. The van der Waals surface area contributed by atoms with Crippen LogP contribution in [-0.4, -0.2) is 38.7 Å². The molecule has 0 spiro atoms. The van der Waals surface area contributed by atoms with Crippen LogP contribution in [0.2, 0.25) is 0 Å². The molecule has 7 nitrogen and oxygen atoms in total. The summed E-state index contributed by atoms with van der Waals surface area (Å²) in [5.74, 6) is -1.42. The van der Waals surface area contributed by atoms with Gasteiger partial charge in [-0.2, -0.15) is 13.2 Å². The van der Waals surface area contributed by atoms with Gasteiger partial charge in [0.05, 0.1) is 30.5 Å². The quantitative estimate of drug-likeness (QED) is 0.413. The summed E-state index contributed by atoms with van der Waals surface area (Å²) in [6, 6.07) is 7.48. The first kappa shape index (κ1) is 25.9. The molecule has 11 heteroatoms. The van der Waals surface area contributed by atoms with Gasteiger partial charge in [0.25, 0.3) is 5.91 Å². The fourth-order valence-corrected chi connectivity index (χ4v) is 2.90. The molecular weight excluding hydrogens is 442 g/mol. The maximum atomic E-state index is 14.1. The number of carbonyl (C=O) groups excluding carboxylic acids is 1. The molecule has 5 N–H and O–H groups in total. The summed E-state index contributed by atoms with van der Waals surface area (Å²) in [5.41, 5.74) is 1.29. The summed E-state index contributed by atoms with van der Waals surface area (Å²) in [6.45, 7) is 1.94. The molecule has 178 valence electrons. The van der Waals surface area contributed by atoms with E-state index in [9.17, 15) is 27.5 Å². The van der Waals surface area contributed by atoms with Crippen molar-refractivity contribution in [3.8, 4) is 11.3 Å². The lowest BCUT2D eigenvalue weighted by Gasteiger charge is -2.32. The number of halogens is 4. The Balaban J connectivity index is 0.00000385. The van der Waals surface area contributed by atoms with Gasteiger partial charge in [0.1, 0.15) is 11.5 Å². The van der Waals surface area contributed by atoms with Crippen molar-refractivity contribution in [1.82, 2.24) is 20.3 Å². The normalized spacial score (nSPS) is 13.7. The number of amides is 1. The van der Waals surface area contributed by atoms with Gasteiger partial charge in [-0.3, -0.25) is 4.79 Å². The fourth-order valence-electron chi connectivity index (χ4n) is 2.90. The second-order valence-corrected chi connectivity index (χ2v) is 7.86. The number of nitrogens with one attached hydrogen (secondary N) is 2. The van der Waals surface area contributed by atoms with Crippen LogP contribution in [0.1, 0.15) is 43.0 Å². The molecule has 1 atom stereocenters. The van der Waals surface area contributed by atoms with E-state index in [2.05, 4.69) is 20.3 Å². The molecular formula is C22H25F4N5O2. The molecule has 0 radical (unpaired) electrons. The lowest BCUT2D eigenvalue weighted by atomic mass is 9.89. The van der Waals surface area contributed by atoms with Crippen molar-refractivity contribution in [2.75, 3.05) is 6.54 Å². The number of hydrogen-bond acceptors (Lipinski definition) is 5. The van der Waals surface area contributed by atoms with Gasteiger partial charge in [-0.15, -0.1) is 0 Å². The number of hydrogen-bond donors (Lipinski definition) is 4. The van der Waals surface area contributed by atoms with E-state index in [1.54, 1.807) is 13.8 Å². The highest BCUT2D eigenvalue weighted by Crippen LogP contribution is 2.39. The molecule has 0 saturated heterocycles. The average Bonchev–Trinajstić information content (AvgIpc) is 3.25. The van der Waals surface area contributed by atoms with Crippen molar-refractivity contribution in [2.45, 2.75) is 38.6 Å². The summed E-state index contributed by atoms with van der Waals surface area (Å²) in [5, 5.41) is 12.8. The molecule has 0 aliphatic carbocycles. The van der Waals surface area contributed by atoms with Crippen LogP contribution in [0.15, 0.2) is 48.9 Å². The lowest BCUT2D eigenvalue weighted by Crippen LogP contribution is -2.51. The van der Waals surface area contributed by atoms with Crippen molar-refractivity contribution >= 4 is 5.91 Å². The number of imidazole rings is 1. The molecule has 3 rings (SSSR count). The topological polar surface area (TPSA) is 117 Å². The number of benzene rings is 1. The van der Waals surface area contributed by atoms with Gasteiger partial charge >= 0.3 is 6.18 Å². The van der Waals surface area contributed by atoms with Gasteiger partial charge in [0, 0.05) is 11.1 Å². The number of aromatic amines is 1. The van der Waals surface area contributed by atoms with E-state index in [1.807, 2.05) is 0 Å². The van der Waals surface area contributed by atoms with E-state index >= 15 is 0 Å². The molecule has 1 amide bonds. The smallest absolute Gasteiger partial charge is 0.374 e.